The normalized spacial score (nSPS) is 14.2. The lowest BCUT2D eigenvalue weighted by molar-refractivity contribution is -0.142. The maximum absolute atomic E-state index is 11.9. The highest BCUT2D eigenvalue weighted by molar-refractivity contribution is 7.89. The summed E-state index contributed by atoms with van der Waals surface area (Å²) in [7, 11) is -3.97. The minimum Gasteiger partial charge on any atom is -0.466 e. The first-order valence-electron chi connectivity index (χ1n) is 6.44. The fourth-order valence-corrected chi connectivity index (χ4v) is 2.65. The molecule has 0 saturated heterocycles. The first kappa shape index (κ1) is 16.1. The van der Waals surface area contributed by atoms with Gasteiger partial charge in [-0.15, -0.1) is 0 Å². The second-order valence-corrected chi connectivity index (χ2v) is 6.13. The summed E-state index contributed by atoms with van der Waals surface area (Å²) in [4.78, 5) is 36.1. The minimum absolute atomic E-state index is 0.0227. The van der Waals surface area contributed by atoms with E-state index in [4.69, 9.17) is 9.88 Å². The summed E-state index contributed by atoms with van der Waals surface area (Å²) in [6.45, 7) is 1.86. The van der Waals surface area contributed by atoms with Gasteiger partial charge in [-0.1, -0.05) is 0 Å². The van der Waals surface area contributed by atoms with E-state index >= 15 is 0 Å². The summed E-state index contributed by atoms with van der Waals surface area (Å²) in [6.07, 6.45) is -0.0662. The Kier molecular flexibility index (Phi) is 4.29. The number of hydrogen-bond acceptors (Lipinski definition) is 6. The predicted octanol–water partition coefficient (Wildman–Crippen LogP) is -0.183. The number of nitrogens with two attached hydrogens (primary N) is 1. The van der Waals surface area contributed by atoms with Crippen LogP contribution < -0.4 is 10.0 Å². The van der Waals surface area contributed by atoms with Crippen molar-refractivity contribution >= 4 is 33.4 Å². The Morgan fingerprint density at radius 2 is 2.00 bits per heavy atom. The molecule has 1 aliphatic rings. The van der Waals surface area contributed by atoms with Crippen molar-refractivity contribution in [1.29, 1.82) is 0 Å². The van der Waals surface area contributed by atoms with Gasteiger partial charge < -0.3 is 9.64 Å². The molecule has 2 rings (SSSR count). The lowest BCUT2D eigenvalue weighted by Crippen LogP contribution is -2.32. The molecule has 0 spiro atoms. The Balaban J connectivity index is 2.29. The third-order valence-corrected chi connectivity index (χ3v) is 4.03. The smallest absolute Gasteiger partial charge is 0.307 e. The summed E-state index contributed by atoms with van der Waals surface area (Å²) in [6, 6.07) is 3.59. The number of benzene rings is 1. The molecule has 0 unspecified atom stereocenters. The average molecular weight is 326 g/mol. The van der Waals surface area contributed by atoms with E-state index in [-0.39, 0.29) is 35.7 Å². The number of ether oxygens (including phenoxy) is 1. The quantitative estimate of drug-likeness (QED) is 0.591. The molecular weight excluding hydrogens is 312 g/mol. The molecule has 0 radical (unpaired) electrons. The van der Waals surface area contributed by atoms with Gasteiger partial charge in [-0.25, -0.2) is 13.6 Å². The lowest BCUT2D eigenvalue weighted by atomic mass is 10.1. The molecule has 0 atom stereocenters. The van der Waals surface area contributed by atoms with E-state index in [2.05, 4.69) is 0 Å². The van der Waals surface area contributed by atoms with Crippen LogP contribution in [0.25, 0.3) is 0 Å². The highest BCUT2D eigenvalue weighted by atomic mass is 32.2. The Hall–Kier alpha value is -2.26. The summed E-state index contributed by atoms with van der Waals surface area (Å²) in [5, 5.41) is 5.00. The number of rotatable bonds is 5. The number of ketones is 1. The highest BCUT2D eigenvalue weighted by Gasteiger charge is 2.36. The van der Waals surface area contributed by atoms with E-state index in [9.17, 15) is 22.8 Å². The van der Waals surface area contributed by atoms with Crippen molar-refractivity contribution in [3.8, 4) is 0 Å². The van der Waals surface area contributed by atoms with E-state index in [1.165, 1.54) is 12.1 Å². The third kappa shape index (κ3) is 3.00. The minimum atomic E-state index is -3.97. The Morgan fingerprint density at radius 3 is 2.59 bits per heavy atom. The van der Waals surface area contributed by atoms with Crippen LogP contribution in [0, 0.1) is 0 Å². The number of carbonyl (C=O) groups excluding carboxylic acids is 3. The number of nitrogens with zero attached hydrogens (tertiary/aromatic N) is 1. The van der Waals surface area contributed by atoms with Gasteiger partial charge >= 0.3 is 5.97 Å². The monoisotopic (exact) mass is 326 g/mol. The number of hydrogen-bond donors (Lipinski definition) is 1. The molecule has 0 fully saturated rings. The zero-order valence-electron chi connectivity index (χ0n) is 11.7. The molecule has 1 amide bonds. The Morgan fingerprint density at radius 1 is 1.32 bits per heavy atom. The van der Waals surface area contributed by atoms with Crippen LogP contribution in [0.15, 0.2) is 23.1 Å². The molecule has 22 heavy (non-hydrogen) atoms. The average Bonchev–Trinajstić information content (AvgIpc) is 2.68. The third-order valence-electron chi connectivity index (χ3n) is 3.12. The summed E-state index contributed by atoms with van der Waals surface area (Å²) < 4.78 is 27.4. The maximum atomic E-state index is 11.9. The number of carbonyl (C=O) groups is 3. The second-order valence-electron chi connectivity index (χ2n) is 4.56. The van der Waals surface area contributed by atoms with Crippen LogP contribution in [0.3, 0.4) is 0 Å². The van der Waals surface area contributed by atoms with Crippen LogP contribution in [0.4, 0.5) is 5.69 Å². The number of esters is 1. The molecular formula is C13H14N2O6S. The summed E-state index contributed by atoms with van der Waals surface area (Å²) in [5.74, 6) is -2.13. The van der Waals surface area contributed by atoms with Crippen molar-refractivity contribution in [2.75, 3.05) is 18.1 Å². The van der Waals surface area contributed by atoms with Crippen molar-refractivity contribution in [3.05, 3.63) is 23.8 Å². The van der Waals surface area contributed by atoms with Crippen LogP contribution in [0.1, 0.15) is 23.7 Å². The number of Topliss-reactive ketones (excluding diaryl/α,β-unsaturated/α-hetero) is 1. The zero-order chi connectivity index (χ0) is 16.5. The van der Waals surface area contributed by atoms with Gasteiger partial charge in [-0.2, -0.15) is 0 Å². The molecule has 1 aliphatic heterocycles. The van der Waals surface area contributed by atoms with Gasteiger partial charge in [0.15, 0.2) is 0 Å². The Labute approximate surface area is 126 Å². The number of primary sulfonamides is 1. The van der Waals surface area contributed by atoms with E-state index in [0.717, 1.165) is 11.0 Å². The first-order valence-corrected chi connectivity index (χ1v) is 7.99. The largest absolute Gasteiger partial charge is 0.466 e. The number of anilines is 1. The molecule has 1 heterocycles. The van der Waals surface area contributed by atoms with Gasteiger partial charge in [-0.3, -0.25) is 14.4 Å². The molecule has 1 aromatic carbocycles. The number of sulfonamides is 1. The van der Waals surface area contributed by atoms with Gasteiger partial charge in [-0.05, 0) is 25.1 Å². The van der Waals surface area contributed by atoms with Crippen molar-refractivity contribution in [3.63, 3.8) is 0 Å². The molecule has 2 N–H and O–H groups in total. The van der Waals surface area contributed by atoms with Crippen molar-refractivity contribution in [1.82, 2.24) is 0 Å². The van der Waals surface area contributed by atoms with Gasteiger partial charge in [0.25, 0.3) is 11.7 Å². The topological polar surface area (TPSA) is 124 Å². The van der Waals surface area contributed by atoms with Crippen molar-refractivity contribution in [2.24, 2.45) is 5.14 Å². The first-order chi connectivity index (χ1) is 10.3. The van der Waals surface area contributed by atoms with Crippen LogP contribution in [-0.4, -0.2) is 39.2 Å². The van der Waals surface area contributed by atoms with Gasteiger partial charge in [0, 0.05) is 6.54 Å². The molecule has 118 valence electrons. The summed E-state index contributed by atoms with van der Waals surface area (Å²) >= 11 is 0. The van der Waals surface area contributed by atoms with Crippen LogP contribution in [-0.2, 0) is 24.3 Å². The van der Waals surface area contributed by atoms with E-state index in [1.807, 2.05) is 0 Å². The predicted molar refractivity (Wildman–Crippen MR) is 75.7 cm³/mol. The van der Waals surface area contributed by atoms with Gasteiger partial charge in [0.2, 0.25) is 10.0 Å². The van der Waals surface area contributed by atoms with Crippen LogP contribution in [0.5, 0.6) is 0 Å². The van der Waals surface area contributed by atoms with Crippen LogP contribution >= 0.6 is 0 Å². The Bertz CT molecular complexity index is 756. The molecule has 0 bridgehead atoms. The van der Waals surface area contributed by atoms with Crippen molar-refractivity contribution in [2.45, 2.75) is 18.2 Å². The lowest BCUT2D eigenvalue weighted by Gasteiger charge is -2.15. The molecule has 9 heteroatoms. The molecule has 0 saturated carbocycles. The summed E-state index contributed by atoms with van der Waals surface area (Å²) in [5.41, 5.74) is 0.215. The second kappa shape index (κ2) is 5.85. The van der Waals surface area contributed by atoms with E-state index in [0.29, 0.717) is 0 Å². The van der Waals surface area contributed by atoms with Crippen molar-refractivity contribution < 1.29 is 27.5 Å². The van der Waals surface area contributed by atoms with E-state index in [1.54, 1.807) is 6.92 Å². The number of amides is 1. The van der Waals surface area contributed by atoms with Gasteiger partial charge in [0.05, 0.1) is 29.2 Å². The molecule has 8 nitrogen and oxygen atoms in total. The van der Waals surface area contributed by atoms with Gasteiger partial charge in [0.1, 0.15) is 0 Å². The number of fused-ring (bicyclic) bond motifs is 1. The van der Waals surface area contributed by atoms with E-state index < -0.39 is 27.7 Å². The fraction of sp³-hybridized carbons (Fsp3) is 0.308. The standard InChI is InChI=1S/C13H14N2O6S/c1-2-21-11(16)5-6-15-10-4-3-8(22(14,19)20)7-9(10)12(17)13(15)18/h3-4,7H,2,5-6H2,1H3,(H2,14,19,20). The molecule has 1 aromatic rings. The molecule has 0 aromatic heterocycles. The van der Waals surface area contributed by atoms with Crippen LogP contribution in [0.2, 0.25) is 0 Å². The highest BCUT2D eigenvalue weighted by Crippen LogP contribution is 2.30. The zero-order valence-corrected chi connectivity index (χ0v) is 12.6. The SMILES string of the molecule is CCOC(=O)CCN1C(=O)C(=O)c2cc(S(N)(=O)=O)ccc21. The molecule has 0 aliphatic carbocycles. The maximum Gasteiger partial charge on any atom is 0.307 e. The fourth-order valence-electron chi connectivity index (χ4n) is 2.11.